The second kappa shape index (κ2) is 7.72. The Morgan fingerprint density at radius 3 is 2.27 bits per heavy atom. The van der Waals surface area contributed by atoms with Crippen molar-refractivity contribution in [1.82, 2.24) is 20.2 Å². The molecule has 1 aliphatic heterocycles. The van der Waals surface area contributed by atoms with Gasteiger partial charge in [0.05, 0.1) is 0 Å². The van der Waals surface area contributed by atoms with Gasteiger partial charge in [-0.2, -0.15) is 0 Å². The maximum Gasteiger partial charge on any atom is 0.317 e. The van der Waals surface area contributed by atoms with E-state index >= 15 is 0 Å². The van der Waals surface area contributed by atoms with Crippen LogP contribution < -0.4 is 10.2 Å². The van der Waals surface area contributed by atoms with Gasteiger partial charge in [0, 0.05) is 50.0 Å². The van der Waals surface area contributed by atoms with E-state index in [0.717, 1.165) is 19.0 Å². The van der Waals surface area contributed by atoms with E-state index in [1.807, 2.05) is 29.2 Å². The third kappa shape index (κ3) is 3.95. The van der Waals surface area contributed by atoms with Crippen molar-refractivity contribution in [2.45, 2.75) is 32.2 Å². The Bertz CT molecular complexity index is 711. The lowest BCUT2D eigenvalue weighted by Crippen LogP contribution is -2.55. The third-order valence-corrected chi connectivity index (χ3v) is 5.34. The third-order valence-electron chi connectivity index (χ3n) is 5.34. The molecule has 1 N–H and O–H groups in total. The number of amides is 2. The molecule has 138 valence electrons. The number of benzene rings is 1. The van der Waals surface area contributed by atoms with Crippen LogP contribution >= 0.6 is 0 Å². The van der Waals surface area contributed by atoms with Crippen molar-refractivity contribution in [3.05, 3.63) is 54.4 Å². The molecule has 1 aromatic heterocycles. The number of aromatic nitrogens is 2. The lowest BCUT2D eigenvalue weighted by atomic mass is 9.78. The largest absolute Gasteiger partial charge is 0.337 e. The van der Waals surface area contributed by atoms with Crippen molar-refractivity contribution >= 4 is 12.0 Å². The van der Waals surface area contributed by atoms with Gasteiger partial charge in [-0.3, -0.25) is 0 Å². The molecular weight excluding hydrogens is 326 g/mol. The van der Waals surface area contributed by atoms with E-state index in [4.69, 9.17) is 0 Å². The van der Waals surface area contributed by atoms with Gasteiger partial charge >= 0.3 is 6.03 Å². The van der Waals surface area contributed by atoms with Crippen LogP contribution in [0.2, 0.25) is 0 Å². The number of hydrogen-bond acceptors (Lipinski definition) is 4. The Balaban J connectivity index is 1.56. The second-order valence-electron chi connectivity index (χ2n) is 7.28. The summed E-state index contributed by atoms with van der Waals surface area (Å²) in [7, 11) is 0. The quantitative estimate of drug-likeness (QED) is 0.918. The van der Waals surface area contributed by atoms with Crippen LogP contribution in [0.25, 0.3) is 0 Å². The van der Waals surface area contributed by atoms with Crippen LogP contribution in [-0.2, 0) is 5.41 Å². The van der Waals surface area contributed by atoms with E-state index in [1.165, 1.54) is 5.56 Å². The molecule has 2 heterocycles. The normalized spacial score (nSPS) is 16.3. The summed E-state index contributed by atoms with van der Waals surface area (Å²) in [5.74, 6) is 0.728. The summed E-state index contributed by atoms with van der Waals surface area (Å²) >= 11 is 0. The summed E-state index contributed by atoms with van der Waals surface area (Å²) in [5, 5.41) is 3.18. The van der Waals surface area contributed by atoms with Crippen molar-refractivity contribution in [2.75, 3.05) is 31.1 Å². The zero-order chi connectivity index (χ0) is 18.6. The predicted molar refractivity (Wildman–Crippen MR) is 103 cm³/mol. The molecule has 1 atom stereocenters. The first kappa shape index (κ1) is 18.2. The monoisotopic (exact) mass is 353 g/mol. The van der Waals surface area contributed by atoms with Crippen LogP contribution in [0.3, 0.4) is 0 Å². The van der Waals surface area contributed by atoms with E-state index in [1.54, 1.807) is 12.4 Å². The first-order valence-corrected chi connectivity index (χ1v) is 9.11. The average molecular weight is 353 g/mol. The predicted octanol–water partition coefficient (Wildman–Crippen LogP) is 2.67. The Morgan fingerprint density at radius 1 is 1.04 bits per heavy atom. The highest BCUT2D eigenvalue weighted by molar-refractivity contribution is 5.75. The number of urea groups is 1. The molecule has 6 heteroatoms. The highest BCUT2D eigenvalue weighted by Crippen LogP contribution is 2.27. The van der Waals surface area contributed by atoms with Crippen LogP contribution in [0.1, 0.15) is 26.3 Å². The van der Waals surface area contributed by atoms with Gasteiger partial charge in [0.1, 0.15) is 0 Å². The first-order chi connectivity index (χ1) is 12.5. The molecule has 1 fully saturated rings. The molecule has 1 aliphatic rings. The number of piperazine rings is 1. The van der Waals surface area contributed by atoms with Gasteiger partial charge in [0.25, 0.3) is 0 Å². The van der Waals surface area contributed by atoms with Gasteiger partial charge in [0.15, 0.2) is 0 Å². The van der Waals surface area contributed by atoms with E-state index in [-0.39, 0.29) is 17.5 Å². The van der Waals surface area contributed by atoms with Crippen LogP contribution in [0, 0.1) is 0 Å². The number of hydrogen-bond donors (Lipinski definition) is 1. The Labute approximate surface area is 155 Å². The van der Waals surface area contributed by atoms with Crippen LogP contribution in [0.15, 0.2) is 48.8 Å². The van der Waals surface area contributed by atoms with Crippen molar-refractivity contribution < 1.29 is 4.79 Å². The fraction of sp³-hybridized carbons (Fsp3) is 0.450. The maximum absolute atomic E-state index is 12.7. The molecule has 0 spiro atoms. The number of anilines is 1. The van der Waals surface area contributed by atoms with Gasteiger partial charge in [-0.25, -0.2) is 14.8 Å². The number of nitrogens with one attached hydrogen (secondary N) is 1. The number of carbonyl (C=O) groups is 1. The van der Waals surface area contributed by atoms with Gasteiger partial charge in [-0.15, -0.1) is 0 Å². The zero-order valence-corrected chi connectivity index (χ0v) is 15.7. The Hall–Kier alpha value is -2.63. The van der Waals surface area contributed by atoms with E-state index in [2.05, 4.69) is 53.1 Å². The summed E-state index contributed by atoms with van der Waals surface area (Å²) < 4.78 is 0. The summed E-state index contributed by atoms with van der Waals surface area (Å²) in [6.45, 7) is 9.22. The highest BCUT2D eigenvalue weighted by Gasteiger charge is 2.31. The first-order valence-electron chi connectivity index (χ1n) is 9.11. The smallest absolute Gasteiger partial charge is 0.317 e. The molecule has 0 saturated carbocycles. The molecule has 3 rings (SSSR count). The number of carbonyl (C=O) groups excluding carboxylic acids is 1. The van der Waals surface area contributed by atoms with Gasteiger partial charge < -0.3 is 15.1 Å². The Kier molecular flexibility index (Phi) is 5.40. The minimum Gasteiger partial charge on any atom is -0.337 e. The zero-order valence-electron chi connectivity index (χ0n) is 15.7. The molecule has 2 amide bonds. The van der Waals surface area contributed by atoms with Gasteiger partial charge in [0.2, 0.25) is 5.95 Å². The number of rotatable bonds is 4. The molecular formula is C20H27N5O. The minimum absolute atomic E-state index is 0.00450. The van der Waals surface area contributed by atoms with Crippen molar-refractivity contribution in [3.8, 4) is 0 Å². The van der Waals surface area contributed by atoms with E-state index in [0.29, 0.717) is 13.1 Å². The SMILES string of the molecule is CC(NC(=O)N1CCN(c2ncccn2)CC1)C(C)(C)c1ccccc1. The lowest BCUT2D eigenvalue weighted by molar-refractivity contribution is 0.185. The molecule has 1 saturated heterocycles. The molecule has 1 aromatic carbocycles. The lowest BCUT2D eigenvalue weighted by Gasteiger charge is -2.38. The maximum atomic E-state index is 12.7. The Morgan fingerprint density at radius 2 is 1.65 bits per heavy atom. The minimum atomic E-state index is -0.142. The van der Waals surface area contributed by atoms with Crippen LogP contribution in [-0.4, -0.2) is 53.1 Å². The molecule has 26 heavy (non-hydrogen) atoms. The van der Waals surface area contributed by atoms with Crippen LogP contribution in [0.4, 0.5) is 10.7 Å². The highest BCUT2D eigenvalue weighted by atomic mass is 16.2. The van der Waals surface area contributed by atoms with E-state index in [9.17, 15) is 4.79 Å². The average Bonchev–Trinajstić information content (AvgIpc) is 2.69. The van der Waals surface area contributed by atoms with Crippen molar-refractivity contribution in [1.29, 1.82) is 0 Å². The van der Waals surface area contributed by atoms with Crippen molar-refractivity contribution in [2.24, 2.45) is 0 Å². The fourth-order valence-electron chi connectivity index (χ4n) is 3.14. The summed E-state index contributed by atoms with van der Waals surface area (Å²) in [6.07, 6.45) is 3.49. The molecule has 1 unspecified atom stereocenters. The van der Waals surface area contributed by atoms with Gasteiger partial charge in [-0.1, -0.05) is 44.2 Å². The van der Waals surface area contributed by atoms with Gasteiger partial charge in [-0.05, 0) is 18.6 Å². The molecule has 0 bridgehead atoms. The van der Waals surface area contributed by atoms with Crippen LogP contribution in [0.5, 0.6) is 0 Å². The molecule has 0 radical (unpaired) electrons. The molecule has 2 aromatic rings. The molecule has 0 aliphatic carbocycles. The standard InChI is InChI=1S/C20H27N5O/c1-16(20(2,3)17-8-5-4-6-9-17)23-19(26)25-14-12-24(13-15-25)18-21-10-7-11-22-18/h4-11,16H,12-15H2,1-3H3,(H,23,26). The summed E-state index contributed by atoms with van der Waals surface area (Å²) in [5.41, 5.74) is 1.08. The fourth-order valence-corrected chi connectivity index (χ4v) is 3.14. The second-order valence-corrected chi connectivity index (χ2v) is 7.28. The topological polar surface area (TPSA) is 61.4 Å². The summed E-state index contributed by atoms with van der Waals surface area (Å²) in [4.78, 5) is 25.2. The van der Waals surface area contributed by atoms with Crippen molar-refractivity contribution in [3.63, 3.8) is 0 Å². The molecule has 6 nitrogen and oxygen atoms in total. The summed E-state index contributed by atoms with van der Waals surface area (Å²) in [6, 6.07) is 12.1. The number of nitrogens with zero attached hydrogens (tertiary/aromatic N) is 4. The van der Waals surface area contributed by atoms with E-state index < -0.39 is 0 Å².